The van der Waals surface area contributed by atoms with Crippen molar-refractivity contribution in [1.29, 1.82) is 0 Å². The van der Waals surface area contributed by atoms with Crippen molar-refractivity contribution in [3.63, 3.8) is 0 Å². The summed E-state index contributed by atoms with van der Waals surface area (Å²) in [5, 5.41) is 0.228. The van der Waals surface area contributed by atoms with Crippen LogP contribution in [0.2, 0.25) is 5.15 Å². The van der Waals surface area contributed by atoms with E-state index in [4.69, 9.17) is 11.6 Å². The Labute approximate surface area is 252 Å². The molecule has 6 aromatic rings. The Bertz CT molecular complexity index is 1620. The van der Waals surface area contributed by atoms with Crippen LogP contribution in [0, 0.1) is 37.6 Å². The smallest absolute Gasteiger partial charge is 1.00 e. The summed E-state index contributed by atoms with van der Waals surface area (Å²) in [5.41, 5.74) is 3.18. The maximum atomic E-state index is 13.7. The van der Waals surface area contributed by atoms with Crippen LogP contribution in [0.3, 0.4) is 0 Å². The molecule has 0 aliphatic heterocycles. The van der Waals surface area contributed by atoms with E-state index in [-0.39, 0.29) is 63.7 Å². The average molecular weight is 630 g/mol. The van der Waals surface area contributed by atoms with E-state index in [1.807, 2.05) is 6.92 Å². The largest absolute Gasteiger partial charge is 2.00 e. The summed E-state index contributed by atoms with van der Waals surface area (Å²) in [4.78, 5) is 16.5. The molecule has 0 saturated carbocycles. The zero-order valence-corrected chi connectivity index (χ0v) is 24.3. The molecule has 196 valence electrons. The van der Waals surface area contributed by atoms with Gasteiger partial charge in [-0.05, 0) is 31.2 Å². The summed E-state index contributed by atoms with van der Waals surface area (Å²) in [5.74, 6) is -2.51. The predicted molar refractivity (Wildman–Crippen MR) is 139 cm³/mol. The monoisotopic (exact) mass is 628 g/mol. The van der Waals surface area contributed by atoms with Gasteiger partial charge in [-0.1, -0.05) is 11.6 Å². The van der Waals surface area contributed by atoms with Crippen LogP contribution < -0.4 is 17.0 Å². The van der Waals surface area contributed by atoms with E-state index in [0.717, 1.165) is 17.8 Å². The van der Waals surface area contributed by atoms with E-state index in [0.29, 0.717) is 22.7 Å². The van der Waals surface area contributed by atoms with Crippen molar-refractivity contribution in [2.24, 2.45) is 0 Å². The first-order chi connectivity index (χ1) is 17.3. The van der Waals surface area contributed by atoms with Crippen molar-refractivity contribution in [3.8, 4) is 22.5 Å². The quantitative estimate of drug-likeness (QED) is 0.168. The van der Waals surface area contributed by atoms with Crippen LogP contribution in [0.25, 0.3) is 33.8 Å². The molecule has 6 nitrogen and oxygen atoms in total. The van der Waals surface area contributed by atoms with E-state index in [1.165, 1.54) is 30.5 Å². The molecule has 0 fully saturated rings. The van der Waals surface area contributed by atoms with E-state index in [1.54, 1.807) is 39.8 Å². The second kappa shape index (κ2) is 13.3. The molecule has 4 aromatic heterocycles. The molecule has 39 heavy (non-hydrogen) atoms. The summed E-state index contributed by atoms with van der Waals surface area (Å²) >= 11 is 5.87. The molecule has 0 amide bonds. The number of rotatable bonds is 2. The number of hydrogen-bond acceptors (Lipinski definition) is 4. The fourth-order valence-corrected chi connectivity index (χ4v) is 3.79. The third-order valence-electron chi connectivity index (χ3n) is 5.30. The van der Waals surface area contributed by atoms with Gasteiger partial charge in [0.05, 0.1) is 17.1 Å². The molecule has 0 saturated heterocycles. The first-order valence-corrected chi connectivity index (χ1v) is 10.9. The van der Waals surface area contributed by atoms with Crippen LogP contribution in [0.15, 0.2) is 73.6 Å². The Morgan fingerprint density at radius 2 is 1.18 bits per heavy atom. The van der Waals surface area contributed by atoms with E-state index in [2.05, 4.69) is 19.9 Å². The van der Waals surface area contributed by atoms with Crippen molar-refractivity contribution in [2.45, 2.75) is 6.92 Å². The molecule has 2 aromatic carbocycles. The Kier molecular flexibility index (Phi) is 11.0. The molecular formula is C26H18BrClF4MgN6. The predicted octanol–water partition coefficient (Wildman–Crippen LogP) is 3.38. The molecule has 0 atom stereocenters. The van der Waals surface area contributed by atoms with Gasteiger partial charge in [0.1, 0.15) is 23.3 Å². The number of hydrogen-bond donors (Lipinski definition) is 0. The Morgan fingerprint density at radius 1 is 0.718 bits per heavy atom. The average Bonchev–Trinajstić information content (AvgIpc) is 3.46. The van der Waals surface area contributed by atoms with Gasteiger partial charge in [-0.2, -0.15) is 0 Å². The van der Waals surface area contributed by atoms with Gasteiger partial charge in [0.2, 0.25) is 0 Å². The number of aryl methyl sites for hydroxylation is 1. The van der Waals surface area contributed by atoms with Crippen LogP contribution in [-0.2, 0) is 0 Å². The third-order valence-corrected chi connectivity index (χ3v) is 5.56. The molecule has 0 N–H and O–H groups in total. The Morgan fingerprint density at radius 3 is 1.64 bits per heavy atom. The van der Waals surface area contributed by atoms with Crippen molar-refractivity contribution in [3.05, 3.63) is 115 Å². The number of halogens is 6. The Balaban J connectivity index is 0.000000254. The third kappa shape index (κ3) is 6.75. The van der Waals surface area contributed by atoms with Crippen molar-refractivity contribution >= 4 is 45.9 Å². The molecule has 0 aliphatic rings. The molecule has 4 heterocycles. The fourth-order valence-electron chi connectivity index (χ4n) is 3.59. The fraction of sp³-hybridized carbons (Fsp3) is 0.0385. The van der Waals surface area contributed by atoms with Crippen LogP contribution in [-0.4, -0.2) is 51.8 Å². The summed E-state index contributed by atoms with van der Waals surface area (Å²) in [6.45, 7) is 1.83. The van der Waals surface area contributed by atoms with E-state index >= 15 is 0 Å². The van der Waals surface area contributed by atoms with Crippen LogP contribution in [0.1, 0.15) is 5.69 Å². The standard InChI is InChI=1S/C13H9F2N3.C12H6ClF2N3.CH3.BrH.Mg/c1-8-13-17-12(7-18(13)5-4-16-8)10-3-2-9(14)6-11(10)15;13-11-12-17-10(6-18(12)4-3-16-11)8-2-1-7(14)5-9(8)15;;;/h2-7H,1H3;1-6H;1H3;1H;/q;;-1;;+2/p-1. The summed E-state index contributed by atoms with van der Waals surface area (Å²) in [7, 11) is 0. The van der Waals surface area contributed by atoms with Gasteiger partial charge in [-0.15, -0.1) is 0 Å². The first-order valence-electron chi connectivity index (χ1n) is 10.5. The molecule has 0 aliphatic carbocycles. The number of aromatic nitrogens is 6. The maximum Gasteiger partial charge on any atom is 2.00 e. The Hall–Kier alpha value is -3.06. The normalized spacial score (nSPS) is 10.2. The zero-order valence-electron chi connectivity index (χ0n) is 20.6. The first kappa shape index (κ1) is 32.1. The SMILES string of the molecule is Cc1nccn2cc(-c3ccc(F)cc3F)nc12.Fc1ccc(-c2cn3ccnc(Cl)c3n2)c(F)c1.[Br-].[CH3-].[Mg+2]. The summed E-state index contributed by atoms with van der Waals surface area (Å²) < 4.78 is 56.4. The topological polar surface area (TPSA) is 60.4 Å². The molecule has 13 heteroatoms. The van der Waals surface area contributed by atoms with Crippen LogP contribution in [0.4, 0.5) is 17.6 Å². The molecule has 0 unspecified atom stereocenters. The zero-order chi connectivity index (χ0) is 25.4. The minimum absolute atomic E-state index is 0. The van der Waals surface area contributed by atoms with E-state index in [9.17, 15) is 17.6 Å². The van der Waals surface area contributed by atoms with Gasteiger partial charge >= 0.3 is 23.1 Å². The summed E-state index contributed by atoms with van der Waals surface area (Å²) in [6.07, 6.45) is 9.86. The van der Waals surface area contributed by atoms with Crippen molar-refractivity contribution in [1.82, 2.24) is 28.7 Å². The van der Waals surface area contributed by atoms with Gasteiger partial charge in [0.25, 0.3) is 0 Å². The van der Waals surface area contributed by atoms with Gasteiger partial charge in [-0.25, -0.2) is 32.5 Å². The van der Waals surface area contributed by atoms with Gasteiger partial charge in [-0.3, -0.25) is 4.98 Å². The number of imidazole rings is 2. The van der Waals surface area contributed by atoms with Crippen LogP contribution >= 0.6 is 11.6 Å². The van der Waals surface area contributed by atoms with Gasteiger partial charge in [0, 0.05) is 60.4 Å². The summed E-state index contributed by atoms with van der Waals surface area (Å²) in [6, 6.07) is 6.79. The maximum absolute atomic E-state index is 13.7. The molecule has 0 bridgehead atoms. The minimum Gasteiger partial charge on any atom is -1.00 e. The van der Waals surface area contributed by atoms with Crippen molar-refractivity contribution in [2.75, 3.05) is 0 Å². The molecule has 0 spiro atoms. The van der Waals surface area contributed by atoms with Gasteiger partial charge < -0.3 is 33.2 Å². The second-order valence-electron chi connectivity index (χ2n) is 7.69. The number of fused-ring (bicyclic) bond motifs is 2. The van der Waals surface area contributed by atoms with E-state index < -0.39 is 23.3 Å². The molecular weight excluding hydrogens is 612 g/mol. The van der Waals surface area contributed by atoms with Crippen molar-refractivity contribution < 1.29 is 34.5 Å². The molecule has 0 radical (unpaired) electrons. The van der Waals surface area contributed by atoms with Crippen LogP contribution in [0.5, 0.6) is 0 Å². The number of nitrogens with zero attached hydrogens (tertiary/aromatic N) is 6. The number of benzene rings is 2. The minimum atomic E-state index is -0.664. The second-order valence-corrected chi connectivity index (χ2v) is 8.05. The van der Waals surface area contributed by atoms with Gasteiger partial charge in [0.15, 0.2) is 16.4 Å². The molecule has 6 rings (SSSR count).